The highest BCUT2D eigenvalue weighted by Crippen LogP contribution is 2.19. The Morgan fingerprint density at radius 3 is 2.82 bits per heavy atom. The summed E-state index contributed by atoms with van der Waals surface area (Å²) in [5, 5.41) is 2.87. The molecule has 1 N–H and O–H groups in total. The summed E-state index contributed by atoms with van der Waals surface area (Å²) in [6.45, 7) is 3.51. The zero-order chi connectivity index (χ0) is 12.3. The van der Waals surface area contributed by atoms with Crippen LogP contribution in [0.3, 0.4) is 0 Å². The highest BCUT2D eigenvalue weighted by molar-refractivity contribution is 7.89. The van der Waals surface area contributed by atoms with Crippen LogP contribution in [0.1, 0.15) is 19.3 Å². The first-order chi connectivity index (χ1) is 8.10. The summed E-state index contributed by atoms with van der Waals surface area (Å²) in [6.07, 6.45) is 2.85. The molecule has 2 fully saturated rings. The Morgan fingerprint density at radius 1 is 1.41 bits per heavy atom. The maximum Gasteiger partial charge on any atom is 0.218 e. The molecule has 2 saturated heterocycles. The predicted molar refractivity (Wildman–Crippen MR) is 66.4 cm³/mol. The third-order valence-electron chi connectivity index (χ3n) is 3.64. The van der Waals surface area contributed by atoms with Gasteiger partial charge in [0, 0.05) is 26.7 Å². The molecule has 2 unspecified atom stereocenters. The molecule has 2 aliphatic heterocycles. The quantitative estimate of drug-likeness (QED) is 0.777. The lowest BCUT2D eigenvalue weighted by atomic mass is 10.0. The van der Waals surface area contributed by atoms with Gasteiger partial charge in [0.1, 0.15) is 0 Å². The Labute approximate surface area is 104 Å². The second-order valence-corrected chi connectivity index (χ2v) is 7.34. The van der Waals surface area contributed by atoms with E-state index in [0.717, 1.165) is 32.4 Å². The summed E-state index contributed by atoms with van der Waals surface area (Å²) in [4.78, 5) is 0. The van der Waals surface area contributed by atoms with Crippen LogP contribution in [0.25, 0.3) is 0 Å². The number of sulfonamides is 1. The van der Waals surface area contributed by atoms with Crippen LogP contribution in [0.15, 0.2) is 0 Å². The molecule has 100 valence electrons. The molecule has 17 heavy (non-hydrogen) atoms. The average molecular weight is 262 g/mol. The normalized spacial score (nSPS) is 30.9. The molecule has 0 saturated carbocycles. The van der Waals surface area contributed by atoms with Crippen molar-refractivity contribution in [3.63, 3.8) is 0 Å². The predicted octanol–water partition coefficient (Wildman–Crippen LogP) is 0.0365. The molecule has 2 aliphatic rings. The summed E-state index contributed by atoms with van der Waals surface area (Å²) in [6, 6.07) is 0. The van der Waals surface area contributed by atoms with Crippen molar-refractivity contribution in [3.8, 4) is 0 Å². The number of ether oxygens (including phenoxy) is 1. The first-order valence-corrected chi connectivity index (χ1v) is 7.84. The van der Waals surface area contributed by atoms with Crippen molar-refractivity contribution in [2.24, 2.45) is 5.92 Å². The van der Waals surface area contributed by atoms with Gasteiger partial charge < -0.3 is 10.1 Å². The fourth-order valence-electron chi connectivity index (χ4n) is 2.56. The van der Waals surface area contributed by atoms with Gasteiger partial charge in [-0.1, -0.05) is 0 Å². The Bertz CT molecular complexity index is 333. The maximum absolute atomic E-state index is 12.3. The van der Waals surface area contributed by atoms with Gasteiger partial charge in [-0.15, -0.1) is 0 Å². The van der Waals surface area contributed by atoms with E-state index >= 15 is 0 Å². The fraction of sp³-hybridized carbons (Fsp3) is 1.00. The molecular weight excluding hydrogens is 240 g/mol. The van der Waals surface area contributed by atoms with Crippen molar-refractivity contribution >= 4 is 10.0 Å². The average Bonchev–Trinajstić information content (AvgIpc) is 2.84. The first kappa shape index (κ1) is 13.3. The van der Waals surface area contributed by atoms with Crippen molar-refractivity contribution in [2.45, 2.75) is 24.5 Å². The first-order valence-electron chi connectivity index (χ1n) is 6.34. The van der Waals surface area contributed by atoms with Crippen molar-refractivity contribution in [3.05, 3.63) is 0 Å². The highest BCUT2D eigenvalue weighted by Gasteiger charge is 2.33. The van der Waals surface area contributed by atoms with E-state index < -0.39 is 10.0 Å². The minimum Gasteiger partial charge on any atom is -0.381 e. The molecular formula is C11H22N2O3S. The zero-order valence-electron chi connectivity index (χ0n) is 10.4. The molecule has 2 atom stereocenters. The maximum atomic E-state index is 12.3. The van der Waals surface area contributed by atoms with E-state index in [1.807, 2.05) is 0 Å². The third-order valence-corrected chi connectivity index (χ3v) is 5.90. The molecule has 0 aromatic heterocycles. The minimum atomic E-state index is -3.12. The van der Waals surface area contributed by atoms with Gasteiger partial charge in [0.05, 0.1) is 11.9 Å². The lowest BCUT2D eigenvalue weighted by Crippen LogP contribution is -2.41. The van der Waals surface area contributed by atoms with Gasteiger partial charge in [-0.3, -0.25) is 0 Å². The summed E-state index contributed by atoms with van der Waals surface area (Å²) >= 11 is 0. The Morgan fingerprint density at radius 2 is 2.24 bits per heavy atom. The molecule has 0 aromatic carbocycles. The molecule has 2 heterocycles. The van der Waals surface area contributed by atoms with E-state index in [-0.39, 0.29) is 5.25 Å². The van der Waals surface area contributed by atoms with Crippen LogP contribution in [-0.4, -0.2) is 57.9 Å². The number of nitrogens with one attached hydrogen (secondary N) is 1. The van der Waals surface area contributed by atoms with Crippen LogP contribution >= 0.6 is 0 Å². The van der Waals surface area contributed by atoms with Crippen molar-refractivity contribution in [1.29, 1.82) is 0 Å². The van der Waals surface area contributed by atoms with Gasteiger partial charge in [0.2, 0.25) is 10.0 Å². The van der Waals surface area contributed by atoms with Crippen molar-refractivity contribution in [1.82, 2.24) is 9.62 Å². The second-order valence-electron chi connectivity index (χ2n) is 5.02. The smallest absolute Gasteiger partial charge is 0.218 e. The molecule has 0 aromatic rings. The van der Waals surface area contributed by atoms with E-state index in [1.54, 1.807) is 7.05 Å². The van der Waals surface area contributed by atoms with Crippen LogP contribution in [0.2, 0.25) is 0 Å². The monoisotopic (exact) mass is 262 g/mol. The molecule has 0 amide bonds. The fourth-order valence-corrected chi connectivity index (χ4v) is 4.23. The molecule has 0 spiro atoms. The van der Waals surface area contributed by atoms with Crippen molar-refractivity contribution < 1.29 is 13.2 Å². The Hall–Kier alpha value is -0.170. The lowest BCUT2D eigenvalue weighted by Gasteiger charge is -2.28. The summed E-state index contributed by atoms with van der Waals surface area (Å²) < 4.78 is 31.4. The summed E-state index contributed by atoms with van der Waals surface area (Å²) in [5.41, 5.74) is 0. The van der Waals surface area contributed by atoms with E-state index in [1.165, 1.54) is 4.31 Å². The number of hydrogen-bond acceptors (Lipinski definition) is 4. The molecule has 0 aliphatic carbocycles. The van der Waals surface area contributed by atoms with Crippen LogP contribution in [0, 0.1) is 5.92 Å². The van der Waals surface area contributed by atoms with Crippen LogP contribution in [0.4, 0.5) is 0 Å². The molecule has 5 nitrogen and oxygen atoms in total. The van der Waals surface area contributed by atoms with Gasteiger partial charge in [-0.25, -0.2) is 12.7 Å². The topological polar surface area (TPSA) is 58.6 Å². The zero-order valence-corrected chi connectivity index (χ0v) is 11.2. The van der Waals surface area contributed by atoms with Gasteiger partial charge in [0.25, 0.3) is 0 Å². The molecule has 6 heteroatoms. The standard InChI is InChI=1S/C11H22N2O3S/c1-13(8-10-3-2-6-16-9-10)17(14,15)11-4-5-12-7-11/h10-12H,2-9H2,1H3. The molecule has 2 rings (SSSR count). The largest absolute Gasteiger partial charge is 0.381 e. The Balaban J connectivity index is 1.91. The van der Waals surface area contributed by atoms with Crippen LogP contribution in [-0.2, 0) is 14.8 Å². The lowest BCUT2D eigenvalue weighted by molar-refractivity contribution is 0.0494. The number of hydrogen-bond donors (Lipinski definition) is 1. The molecule has 0 radical (unpaired) electrons. The van der Waals surface area contributed by atoms with Gasteiger partial charge >= 0.3 is 0 Å². The van der Waals surface area contributed by atoms with Gasteiger partial charge in [-0.2, -0.15) is 0 Å². The number of rotatable bonds is 4. The minimum absolute atomic E-state index is 0.239. The Kier molecular flexibility index (Phi) is 4.41. The SMILES string of the molecule is CN(CC1CCCOC1)S(=O)(=O)C1CCNC1. The summed E-state index contributed by atoms with van der Waals surface area (Å²) in [7, 11) is -1.43. The van der Waals surface area contributed by atoms with E-state index in [2.05, 4.69) is 5.32 Å². The third kappa shape index (κ3) is 3.19. The highest BCUT2D eigenvalue weighted by atomic mass is 32.2. The van der Waals surface area contributed by atoms with E-state index in [9.17, 15) is 8.42 Å². The number of nitrogens with zero attached hydrogens (tertiary/aromatic N) is 1. The summed E-state index contributed by atoms with van der Waals surface area (Å²) in [5.74, 6) is 0.359. The second kappa shape index (κ2) is 5.65. The van der Waals surface area contributed by atoms with Crippen molar-refractivity contribution in [2.75, 3.05) is 39.9 Å². The van der Waals surface area contributed by atoms with Crippen LogP contribution < -0.4 is 5.32 Å². The molecule has 0 bridgehead atoms. The van der Waals surface area contributed by atoms with E-state index in [0.29, 0.717) is 25.6 Å². The van der Waals surface area contributed by atoms with Gasteiger partial charge in [0.15, 0.2) is 0 Å². The van der Waals surface area contributed by atoms with Crippen LogP contribution in [0.5, 0.6) is 0 Å². The van der Waals surface area contributed by atoms with Gasteiger partial charge in [-0.05, 0) is 31.7 Å². The van der Waals surface area contributed by atoms with E-state index in [4.69, 9.17) is 4.74 Å².